The second-order valence-corrected chi connectivity index (χ2v) is 4.85. The molecule has 1 N–H and O–H groups in total. The van der Waals surface area contributed by atoms with E-state index in [1.165, 1.54) is 12.8 Å². The van der Waals surface area contributed by atoms with Crippen molar-refractivity contribution in [3.05, 3.63) is 23.7 Å². The zero-order valence-electron chi connectivity index (χ0n) is 10.7. The Morgan fingerprint density at radius 1 is 1.41 bits per heavy atom. The van der Waals surface area contributed by atoms with E-state index in [-0.39, 0.29) is 0 Å². The van der Waals surface area contributed by atoms with Crippen molar-refractivity contribution in [2.75, 3.05) is 13.2 Å². The van der Waals surface area contributed by atoms with Crippen molar-refractivity contribution < 1.29 is 9.52 Å². The lowest BCUT2D eigenvalue weighted by atomic mass is 10.1. The van der Waals surface area contributed by atoms with Gasteiger partial charge in [-0.15, -0.1) is 0 Å². The first-order chi connectivity index (χ1) is 8.33. The average molecular weight is 237 g/mol. The number of aryl methyl sites for hydroxylation is 1. The van der Waals surface area contributed by atoms with Gasteiger partial charge in [0.25, 0.3) is 0 Å². The first kappa shape index (κ1) is 12.7. The van der Waals surface area contributed by atoms with Gasteiger partial charge in [0.1, 0.15) is 11.5 Å². The van der Waals surface area contributed by atoms with Gasteiger partial charge in [-0.1, -0.05) is 6.92 Å². The number of furan rings is 1. The standard InChI is InChI=1S/C14H23NO2/c1-2-13-7-8-14(17-13)11-15-9-3-5-12(15)6-4-10-16/h7-8,12,16H,2-6,9-11H2,1H3. The number of hydrogen-bond donors (Lipinski definition) is 1. The van der Waals surface area contributed by atoms with E-state index in [0.29, 0.717) is 12.6 Å². The van der Waals surface area contributed by atoms with Gasteiger partial charge >= 0.3 is 0 Å². The summed E-state index contributed by atoms with van der Waals surface area (Å²) in [7, 11) is 0. The number of aliphatic hydroxyl groups excluding tert-OH is 1. The minimum atomic E-state index is 0.311. The minimum absolute atomic E-state index is 0.311. The van der Waals surface area contributed by atoms with Crippen molar-refractivity contribution in [1.82, 2.24) is 4.90 Å². The van der Waals surface area contributed by atoms with Crippen molar-refractivity contribution in [3.63, 3.8) is 0 Å². The van der Waals surface area contributed by atoms with Crippen LogP contribution in [0, 0.1) is 0 Å². The van der Waals surface area contributed by atoms with E-state index in [2.05, 4.69) is 24.0 Å². The van der Waals surface area contributed by atoms with Crippen LogP contribution >= 0.6 is 0 Å². The third-order valence-electron chi connectivity index (χ3n) is 3.62. The fourth-order valence-electron chi connectivity index (χ4n) is 2.65. The Hall–Kier alpha value is -0.800. The van der Waals surface area contributed by atoms with Crippen molar-refractivity contribution in [3.8, 4) is 0 Å². The lowest BCUT2D eigenvalue weighted by molar-refractivity contribution is 0.197. The first-order valence-corrected chi connectivity index (χ1v) is 6.76. The molecule has 3 heteroatoms. The molecule has 1 aliphatic rings. The molecule has 1 saturated heterocycles. The van der Waals surface area contributed by atoms with Gasteiger partial charge in [-0.25, -0.2) is 0 Å². The smallest absolute Gasteiger partial charge is 0.118 e. The van der Waals surface area contributed by atoms with E-state index in [0.717, 1.165) is 43.9 Å². The highest BCUT2D eigenvalue weighted by atomic mass is 16.3. The van der Waals surface area contributed by atoms with Gasteiger partial charge < -0.3 is 9.52 Å². The summed E-state index contributed by atoms with van der Waals surface area (Å²) in [5.74, 6) is 2.16. The molecular weight excluding hydrogens is 214 g/mol. The molecule has 1 atom stereocenters. The predicted octanol–water partition coefficient (Wildman–Crippen LogP) is 2.58. The highest BCUT2D eigenvalue weighted by Gasteiger charge is 2.24. The second-order valence-electron chi connectivity index (χ2n) is 4.85. The van der Waals surface area contributed by atoms with Crippen LogP contribution in [-0.2, 0) is 13.0 Å². The molecular formula is C14H23NO2. The van der Waals surface area contributed by atoms with Crippen LogP contribution in [0.4, 0.5) is 0 Å². The Balaban J connectivity index is 1.88. The van der Waals surface area contributed by atoms with Crippen LogP contribution in [0.2, 0.25) is 0 Å². The monoisotopic (exact) mass is 237 g/mol. The summed E-state index contributed by atoms with van der Waals surface area (Å²) in [4.78, 5) is 2.49. The largest absolute Gasteiger partial charge is 0.465 e. The molecule has 0 radical (unpaired) electrons. The lowest BCUT2D eigenvalue weighted by Gasteiger charge is -2.23. The summed E-state index contributed by atoms with van der Waals surface area (Å²) in [5.41, 5.74) is 0. The molecule has 0 aliphatic carbocycles. The van der Waals surface area contributed by atoms with Crippen LogP contribution < -0.4 is 0 Å². The molecule has 3 nitrogen and oxygen atoms in total. The first-order valence-electron chi connectivity index (χ1n) is 6.76. The molecule has 0 aromatic carbocycles. The van der Waals surface area contributed by atoms with E-state index < -0.39 is 0 Å². The number of aliphatic hydroxyl groups is 1. The molecule has 1 aromatic rings. The Morgan fingerprint density at radius 2 is 2.24 bits per heavy atom. The third kappa shape index (κ3) is 3.33. The van der Waals surface area contributed by atoms with E-state index in [1.54, 1.807) is 0 Å². The predicted molar refractivity (Wildman–Crippen MR) is 67.8 cm³/mol. The molecule has 1 aliphatic heterocycles. The van der Waals surface area contributed by atoms with Crippen molar-refractivity contribution in [2.45, 2.75) is 51.6 Å². The summed E-state index contributed by atoms with van der Waals surface area (Å²) in [6.45, 7) is 4.52. The van der Waals surface area contributed by atoms with Gasteiger partial charge in [-0.3, -0.25) is 4.90 Å². The van der Waals surface area contributed by atoms with Crippen LogP contribution in [0.25, 0.3) is 0 Å². The molecule has 1 fully saturated rings. The molecule has 1 unspecified atom stereocenters. The van der Waals surface area contributed by atoms with Gasteiger partial charge in [0.2, 0.25) is 0 Å². The van der Waals surface area contributed by atoms with Crippen LogP contribution in [0.3, 0.4) is 0 Å². The maximum atomic E-state index is 8.90. The average Bonchev–Trinajstić information content (AvgIpc) is 2.96. The van der Waals surface area contributed by atoms with Crippen LogP contribution in [0.5, 0.6) is 0 Å². The lowest BCUT2D eigenvalue weighted by Crippen LogP contribution is -2.28. The van der Waals surface area contributed by atoms with Crippen molar-refractivity contribution in [1.29, 1.82) is 0 Å². The van der Waals surface area contributed by atoms with Crippen molar-refractivity contribution in [2.24, 2.45) is 0 Å². The van der Waals surface area contributed by atoms with Gasteiger partial charge in [-0.05, 0) is 44.4 Å². The molecule has 0 spiro atoms. The van der Waals surface area contributed by atoms with Crippen LogP contribution in [-0.4, -0.2) is 29.2 Å². The fourth-order valence-corrected chi connectivity index (χ4v) is 2.65. The number of hydrogen-bond acceptors (Lipinski definition) is 3. The Morgan fingerprint density at radius 3 is 2.94 bits per heavy atom. The highest BCUT2D eigenvalue weighted by Crippen LogP contribution is 2.24. The number of nitrogens with zero attached hydrogens (tertiary/aromatic N) is 1. The molecule has 2 heterocycles. The van der Waals surface area contributed by atoms with E-state index in [1.807, 2.05) is 0 Å². The molecule has 0 bridgehead atoms. The normalized spacial score (nSPS) is 21.2. The van der Waals surface area contributed by atoms with Gasteiger partial charge in [0, 0.05) is 19.1 Å². The number of rotatable bonds is 6. The molecule has 0 saturated carbocycles. The van der Waals surface area contributed by atoms with Gasteiger partial charge in [0.15, 0.2) is 0 Å². The quantitative estimate of drug-likeness (QED) is 0.826. The van der Waals surface area contributed by atoms with E-state index in [4.69, 9.17) is 9.52 Å². The number of likely N-dealkylation sites (tertiary alicyclic amines) is 1. The fraction of sp³-hybridized carbons (Fsp3) is 0.714. The third-order valence-corrected chi connectivity index (χ3v) is 3.62. The Kier molecular flexibility index (Phi) is 4.63. The highest BCUT2D eigenvalue weighted by molar-refractivity contribution is 5.07. The molecule has 1 aromatic heterocycles. The van der Waals surface area contributed by atoms with Gasteiger partial charge in [-0.2, -0.15) is 0 Å². The zero-order chi connectivity index (χ0) is 12.1. The van der Waals surface area contributed by atoms with Crippen LogP contribution in [0.15, 0.2) is 16.5 Å². The Bertz CT molecular complexity index is 335. The van der Waals surface area contributed by atoms with Crippen LogP contribution in [0.1, 0.15) is 44.1 Å². The summed E-state index contributed by atoms with van der Waals surface area (Å²) in [6.07, 6.45) is 5.53. The van der Waals surface area contributed by atoms with E-state index >= 15 is 0 Å². The molecule has 0 amide bonds. The SMILES string of the molecule is CCc1ccc(CN2CCCC2CCCO)o1. The maximum absolute atomic E-state index is 8.90. The van der Waals surface area contributed by atoms with Gasteiger partial charge in [0.05, 0.1) is 6.54 Å². The summed E-state index contributed by atoms with van der Waals surface area (Å²) in [6, 6.07) is 4.81. The summed E-state index contributed by atoms with van der Waals surface area (Å²) < 4.78 is 5.76. The molecule has 17 heavy (non-hydrogen) atoms. The molecule has 2 rings (SSSR count). The second kappa shape index (κ2) is 6.22. The topological polar surface area (TPSA) is 36.6 Å². The Labute approximate surface area is 103 Å². The summed E-state index contributed by atoms with van der Waals surface area (Å²) >= 11 is 0. The van der Waals surface area contributed by atoms with E-state index in [9.17, 15) is 0 Å². The summed E-state index contributed by atoms with van der Waals surface area (Å²) in [5, 5.41) is 8.90. The maximum Gasteiger partial charge on any atom is 0.118 e. The van der Waals surface area contributed by atoms with Crippen molar-refractivity contribution >= 4 is 0 Å². The zero-order valence-corrected chi connectivity index (χ0v) is 10.7. The molecule has 96 valence electrons. The minimum Gasteiger partial charge on any atom is -0.465 e.